The zero-order valence-corrected chi connectivity index (χ0v) is 6.89. The lowest BCUT2D eigenvalue weighted by Gasteiger charge is -2.12. The van der Waals surface area contributed by atoms with E-state index in [1.807, 2.05) is 6.08 Å². The Morgan fingerprint density at radius 1 is 1.70 bits per heavy atom. The Bertz CT molecular complexity index is 79.3. The van der Waals surface area contributed by atoms with E-state index < -0.39 is 0 Å². The normalized spacial score (nSPS) is 13.0. The average Bonchev–Trinajstić information content (AvgIpc) is 1.99. The van der Waals surface area contributed by atoms with E-state index in [4.69, 9.17) is 4.74 Å². The Balaban J connectivity index is 3.16. The van der Waals surface area contributed by atoms with Crippen molar-refractivity contribution in [2.45, 2.75) is 19.4 Å². The van der Waals surface area contributed by atoms with Crippen LogP contribution < -0.4 is 5.32 Å². The van der Waals surface area contributed by atoms with Crippen LogP contribution in [0.3, 0.4) is 0 Å². The smallest absolute Gasteiger partial charge is 0.0693 e. The summed E-state index contributed by atoms with van der Waals surface area (Å²) in [6, 6.07) is 0. The van der Waals surface area contributed by atoms with Crippen LogP contribution in [0.4, 0.5) is 0 Å². The molecule has 0 bridgehead atoms. The van der Waals surface area contributed by atoms with Gasteiger partial charge in [-0.3, -0.25) is 0 Å². The van der Waals surface area contributed by atoms with E-state index in [2.05, 4.69) is 18.8 Å². The van der Waals surface area contributed by atoms with Crippen LogP contribution in [0.5, 0.6) is 0 Å². The zero-order valence-electron chi connectivity index (χ0n) is 6.89. The maximum atomic E-state index is 5.15. The SMILES string of the molecule is C=CCNCC(CC)OC. The topological polar surface area (TPSA) is 21.3 Å². The monoisotopic (exact) mass is 143 g/mol. The summed E-state index contributed by atoms with van der Waals surface area (Å²) in [7, 11) is 1.74. The van der Waals surface area contributed by atoms with Crippen molar-refractivity contribution in [3.63, 3.8) is 0 Å². The summed E-state index contributed by atoms with van der Waals surface area (Å²) in [6.45, 7) is 7.50. The first-order chi connectivity index (χ1) is 4.85. The van der Waals surface area contributed by atoms with Gasteiger partial charge in [0.2, 0.25) is 0 Å². The highest BCUT2D eigenvalue weighted by molar-refractivity contribution is 4.71. The lowest BCUT2D eigenvalue weighted by molar-refractivity contribution is 0.0995. The van der Waals surface area contributed by atoms with Crippen LogP contribution in [0.2, 0.25) is 0 Å². The summed E-state index contributed by atoms with van der Waals surface area (Å²) in [5.41, 5.74) is 0. The molecule has 1 unspecified atom stereocenters. The lowest BCUT2D eigenvalue weighted by Crippen LogP contribution is -2.27. The molecule has 0 heterocycles. The van der Waals surface area contributed by atoms with E-state index in [1.165, 1.54) is 0 Å². The molecule has 0 aromatic carbocycles. The van der Waals surface area contributed by atoms with Gasteiger partial charge >= 0.3 is 0 Å². The highest BCUT2D eigenvalue weighted by Crippen LogP contribution is 1.92. The van der Waals surface area contributed by atoms with Gasteiger partial charge in [-0.2, -0.15) is 0 Å². The predicted octanol–water partition coefficient (Wildman–Crippen LogP) is 1.19. The maximum absolute atomic E-state index is 5.15. The van der Waals surface area contributed by atoms with Crippen molar-refractivity contribution in [3.8, 4) is 0 Å². The van der Waals surface area contributed by atoms with Crippen LogP contribution >= 0.6 is 0 Å². The maximum Gasteiger partial charge on any atom is 0.0693 e. The largest absolute Gasteiger partial charge is 0.380 e. The van der Waals surface area contributed by atoms with Gasteiger partial charge in [-0.15, -0.1) is 6.58 Å². The van der Waals surface area contributed by atoms with Crippen LogP contribution in [-0.2, 0) is 4.74 Å². The zero-order chi connectivity index (χ0) is 7.82. The minimum absolute atomic E-state index is 0.347. The molecule has 0 aliphatic heterocycles. The van der Waals surface area contributed by atoms with E-state index in [9.17, 15) is 0 Å². The van der Waals surface area contributed by atoms with E-state index >= 15 is 0 Å². The van der Waals surface area contributed by atoms with Crippen LogP contribution in [0.25, 0.3) is 0 Å². The highest BCUT2D eigenvalue weighted by atomic mass is 16.5. The minimum atomic E-state index is 0.347. The third kappa shape index (κ3) is 4.53. The summed E-state index contributed by atoms with van der Waals surface area (Å²) in [5, 5.41) is 3.19. The van der Waals surface area contributed by atoms with Crippen molar-refractivity contribution in [1.82, 2.24) is 5.32 Å². The van der Waals surface area contributed by atoms with Crippen LogP contribution in [0.1, 0.15) is 13.3 Å². The van der Waals surface area contributed by atoms with Gasteiger partial charge in [0, 0.05) is 20.2 Å². The number of hydrogen-bond donors (Lipinski definition) is 1. The van der Waals surface area contributed by atoms with Gasteiger partial charge in [0.25, 0.3) is 0 Å². The quantitative estimate of drug-likeness (QED) is 0.445. The fraction of sp³-hybridized carbons (Fsp3) is 0.750. The summed E-state index contributed by atoms with van der Waals surface area (Å²) >= 11 is 0. The van der Waals surface area contributed by atoms with Gasteiger partial charge in [-0.25, -0.2) is 0 Å². The average molecular weight is 143 g/mol. The molecule has 0 saturated heterocycles. The van der Waals surface area contributed by atoms with Gasteiger partial charge in [0.15, 0.2) is 0 Å². The third-order valence-corrected chi connectivity index (χ3v) is 1.45. The van der Waals surface area contributed by atoms with Crippen LogP contribution in [0.15, 0.2) is 12.7 Å². The molecule has 0 amide bonds. The van der Waals surface area contributed by atoms with E-state index in [0.29, 0.717) is 6.10 Å². The van der Waals surface area contributed by atoms with E-state index in [1.54, 1.807) is 7.11 Å². The van der Waals surface area contributed by atoms with Crippen LogP contribution in [-0.4, -0.2) is 26.3 Å². The second kappa shape index (κ2) is 6.78. The van der Waals surface area contributed by atoms with Crippen molar-refractivity contribution in [2.75, 3.05) is 20.2 Å². The Labute approximate surface area is 63.3 Å². The Hall–Kier alpha value is -0.340. The Morgan fingerprint density at radius 2 is 2.40 bits per heavy atom. The predicted molar refractivity (Wildman–Crippen MR) is 44.2 cm³/mol. The minimum Gasteiger partial charge on any atom is -0.380 e. The fourth-order valence-corrected chi connectivity index (χ4v) is 0.741. The van der Waals surface area contributed by atoms with Crippen LogP contribution in [0, 0.1) is 0 Å². The number of hydrogen-bond acceptors (Lipinski definition) is 2. The van der Waals surface area contributed by atoms with Gasteiger partial charge < -0.3 is 10.1 Å². The molecule has 0 aromatic heterocycles. The Kier molecular flexibility index (Phi) is 6.55. The fourth-order valence-electron chi connectivity index (χ4n) is 0.741. The molecule has 2 nitrogen and oxygen atoms in total. The summed E-state index contributed by atoms with van der Waals surface area (Å²) in [5.74, 6) is 0. The summed E-state index contributed by atoms with van der Waals surface area (Å²) in [4.78, 5) is 0. The molecule has 0 aromatic rings. The van der Waals surface area contributed by atoms with Gasteiger partial charge in [-0.1, -0.05) is 13.0 Å². The van der Waals surface area contributed by atoms with Crippen molar-refractivity contribution in [1.29, 1.82) is 0 Å². The van der Waals surface area contributed by atoms with Crippen molar-refractivity contribution >= 4 is 0 Å². The second-order valence-electron chi connectivity index (χ2n) is 2.21. The molecule has 10 heavy (non-hydrogen) atoms. The highest BCUT2D eigenvalue weighted by Gasteiger charge is 2.00. The lowest BCUT2D eigenvalue weighted by atomic mass is 10.3. The number of rotatable bonds is 6. The molecule has 0 fully saturated rings. The molecule has 1 N–H and O–H groups in total. The van der Waals surface area contributed by atoms with E-state index in [-0.39, 0.29) is 0 Å². The summed E-state index contributed by atoms with van der Waals surface area (Å²) in [6.07, 6.45) is 3.25. The van der Waals surface area contributed by atoms with Gasteiger partial charge in [0.05, 0.1) is 6.10 Å². The first-order valence-electron chi connectivity index (χ1n) is 3.69. The van der Waals surface area contributed by atoms with Crippen molar-refractivity contribution < 1.29 is 4.74 Å². The first-order valence-corrected chi connectivity index (χ1v) is 3.69. The third-order valence-electron chi connectivity index (χ3n) is 1.45. The molecule has 0 radical (unpaired) electrons. The molecule has 60 valence electrons. The molecule has 0 spiro atoms. The molecule has 0 saturated carbocycles. The molecule has 0 aliphatic carbocycles. The number of methoxy groups -OCH3 is 1. The van der Waals surface area contributed by atoms with Crippen molar-refractivity contribution in [3.05, 3.63) is 12.7 Å². The molecule has 1 atom stereocenters. The number of ether oxygens (including phenoxy) is 1. The molecular formula is C8H17NO. The van der Waals surface area contributed by atoms with Gasteiger partial charge in [0.1, 0.15) is 0 Å². The second-order valence-corrected chi connectivity index (χ2v) is 2.21. The Morgan fingerprint density at radius 3 is 2.80 bits per heavy atom. The van der Waals surface area contributed by atoms with Gasteiger partial charge in [-0.05, 0) is 6.42 Å². The van der Waals surface area contributed by atoms with Crippen molar-refractivity contribution in [2.24, 2.45) is 0 Å². The first kappa shape index (κ1) is 9.66. The standard InChI is InChI=1S/C8H17NO/c1-4-6-9-7-8(5-2)10-3/h4,8-9H,1,5-7H2,2-3H3. The molecular weight excluding hydrogens is 126 g/mol. The molecule has 0 aliphatic rings. The van der Waals surface area contributed by atoms with E-state index in [0.717, 1.165) is 19.5 Å². The molecule has 0 rings (SSSR count). The molecule has 2 heteroatoms. The number of nitrogens with one attached hydrogen (secondary N) is 1. The summed E-state index contributed by atoms with van der Waals surface area (Å²) < 4.78 is 5.15.